The number of nitrogens with zero attached hydrogens (tertiary/aromatic N) is 1. The molecule has 0 fully saturated rings. The van der Waals surface area contributed by atoms with Gasteiger partial charge in [0.15, 0.2) is 12.1 Å². The first kappa shape index (κ1) is 60.5. The number of hydrogen-bond donors (Lipinski definition) is 1. The first-order valence-corrected chi connectivity index (χ1v) is 25.6. The topological polar surface area (TPSA) is 99.1 Å². The van der Waals surface area contributed by atoms with Gasteiger partial charge in [0.25, 0.3) is 0 Å². The van der Waals surface area contributed by atoms with Crippen molar-refractivity contribution in [1.82, 2.24) is 0 Å². The molecule has 1 N–H and O–H groups in total. The molecule has 0 bridgehead atoms. The number of ether oxygens (including phenoxy) is 3. The molecule has 0 aliphatic carbocycles. The highest BCUT2D eigenvalue weighted by Gasteiger charge is 2.31. The number of esters is 2. The number of likely N-dealkylation sites (N-methyl/N-ethyl adjacent to an activating group) is 1. The van der Waals surface area contributed by atoms with Crippen LogP contribution in [0.5, 0.6) is 0 Å². The van der Waals surface area contributed by atoms with Gasteiger partial charge in [-0.15, -0.1) is 0 Å². The molecule has 0 radical (unpaired) electrons. The van der Waals surface area contributed by atoms with Crippen molar-refractivity contribution in [3.8, 4) is 0 Å². The molecule has 0 aliphatic heterocycles. The fourth-order valence-electron chi connectivity index (χ4n) is 7.10. The van der Waals surface area contributed by atoms with E-state index in [2.05, 4.69) is 98.9 Å². The molecule has 0 aliphatic rings. The van der Waals surface area contributed by atoms with Crippen LogP contribution in [-0.4, -0.2) is 80.6 Å². The summed E-state index contributed by atoms with van der Waals surface area (Å²) in [4.78, 5) is 37.1. The van der Waals surface area contributed by atoms with E-state index in [1.807, 2.05) is 21.1 Å². The van der Waals surface area contributed by atoms with Crippen LogP contribution in [0.15, 0.2) is 85.1 Å². The van der Waals surface area contributed by atoms with Crippen LogP contribution in [0.4, 0.5) is 0 Å². The summed E-state index contributed by atoms with van der Waals surface area (Å²) < 4.78 is 17.3. The molecule has 2 atom stereocenters. The maximum atomic E-state index is 12.8. The van der Waals surface area contributed by atoms with Crippen LogP contribution in [0.1, 0.15) is 200 Å². The summed E-state index contributed by atoms with van der Waals surface area (Å²) in [6.07, 6.45) is 60.8. The lowest BCUT2D eigenvalue weighted by molar-refractivity contribution is -0.887. The fourth-order valence-corrected chi connectivity index (χ4v) is 7.10. The second-order valence-electron chi connectivity index (χ2n) is 18.0. The summed E-state index contributed by atoms with van der Waals surface area (Å²) in [5.74, 6) is -1.56. The number of carboxylic acid groups (broad SMARTS) is 1. The molecule has 0 saturated heterocycles. The largest absolute Gasteiger partial charge is 0.477 e. The van der Waals surface area contributed by atoms with Gasteiger partial charge in [0.2, 0.25) is 0 Å². The Morgan fingerprint density at radius 2 is 0.891 bits per heavy atom. The molecule has 366 valence electrons. The first-order chi connectivity index (χ1) is 31.1. The minimum absolute atomic E-state index is 0.0313. The third-order valence-electron chi connectivity index (χ3n) is 11.0. The maximum absolute atomic E-state index is 12.8. The van der Waals surface area contributed by atoms with E-state index in [1.165, 1.54) is 89.9 Å². The van der Waals surface area contributed by atoms with Gasteiger partial charge in [-0.3, -0.25) is 9.59 Å². The second kappa shape index (κ2) is 46.1. The molecule has 0 amide bonds. The van der Waals surface area contributed by atoms with Crippen molar-refractivity contribution in [3.63, 3.8) is 0 Å². The number of carboxylic acids is 1. The van der Waals surface area contributed by atoms with Crippen LogP contribution in [0.25, 0.3) is 0 Å². The average molecular weight is 895 g/mol. The summed E-state index contributed by atoms with van der Waals surface area (Å²) >= 11 is 0. The second-order valence-corrected chi connectivity index (χ2v) is 18.0. The normalized spacial score (nSPS) is 13.6. The van der Waals surface area contributed by atoms with E-state index >= 15 is 0 Å². The number of hydrogen-bond acceptors (Lipinski definition) is 6. The van der Waals surface area contributed by atoms with Crippen molar-refractivity contribution in [1.29, 1.82) is 0 Å². The van der Waals surface area contributed by atoms with Gasteiger partial charge in [-0.25, -0.2) is 4.79 Å². The Hall–Kier alpha value is -3.49. The fraction of sp³-hybridized carbons (Fsp3) is 0.696. The Balaban J connectivity index is 4.33. The Labute approximate surface area is 393 Å². The van der Waals surface area contributed by atoms with Gasteiger partial charge in [0, 0.05) is 19.3 Å². The van der Waals surface area contributed by atoms with Gasteiger partial charge in [-0.2, -0.15) is 0 Å². The molecule has 0 spiro atoms. The molecule has 2 unspecified atom stereocenters. The zero-order valence-electron chi connectivity index (χ0n) is 41.7. The van der Waals surface area contributed by atoms with Crippen molar-refractivity contribution in [2.24, 2.45) is 0 Å². The van der Waals surface area contributed by atoms with Crippen molar-refractivity contribution in [2.45, 2.75) is 212 Å². The third-order valence-corrected chi connectivity index (χ3v) is 11.0. The number of unbranched alkanes of at least 4 members (excludes halogenated alkanes) is 17. The van der Waals surface area contributed by atoms with Crippen LogP contribution in [0.3, 0.4) is 0 Å². The van der Waals surface area contributed by atoms with Crippen molar-refractivity contribution in [3.05, 3.63) is 85.1 Å². The van der Waals surface area contributed by atoms with Crippen LogP contribution in [-0.2, 0) is 28.6 Å². The van der Waals surface area contributed by atoms with E-state index < -0.39 is 18.1 Å². The van der Waals surface area contributed by atoms with Crippen LogP contribution < -0.4 is 0 Å². The number of carbonyl (C=O) groups excluding carboxylic acids is 2. The maximum Gasteiger partial charge on any atom is 0.362 e. The van der Waals surface area contributed by atoms with Gasteiger partial charge in [-0.1, -0.05) is 182 Å². The highest BCUT2D eigenvalue weighted by Crippen LogP contribution is 2.14. The van der Waals surface area contributed by atoms with Gasteiger partial charge in [0.1, 0.15) is 6.61 Å². The van der Waals surface area contributed by atoms with Gasteiger partial charge < -0.3 is 23.8 Å². The Kier molecular flexibility index (Phi) is 43.5. The monoisotopic (exact) mass is 895 g/mol. The highest BCUT2D eigenvalue weighted by molar-refractivity contribution is 5.72. The van der Waals surface area contributed by atoms with Crippen LogP contribution >= 0.6 is 0 Å². The van der Waals surface area contributed by atoms with Gasteiger partial charge in [-0.05, 0) is 83.5 Å². The zero-order valence-corrected chi connectivity index (χ0v) is 41.7. The smallest absolute Gasteiger partial charge is 0.362 e. The molecule has 0 rings (SSSR count). The standard InChI is InChI=1S/C56H95NO7/c1-6-8-10-12-14-16-18-20-22-24-25-26-27-28-29-31-32-34-36-38-40-42-44-46-54(58)63-51-52(50-62-49-48-53(56(60)61)57(3,4)5)64-55(59)47-45-43-41-39-37-35-33-30-23-21-19-17-15-13-11-9-7-2/h9,11,15,17,21,23,25-26,28-29,33,35,39,41,52-53H,6-8,10,12-14,16,18-20,22,24,27,30-32,34,36-38,40,42-51H2,1-5H3/p+1/b11-9+,17-15+,23-21+,26-25+,29-28+,35-33+,41-39+. The SMILES string of the molecule is CC/C=C/C/C=C/C/C=C/C/C=C/C/C=C/CCCC(=O)OC(COCCC(C(=O)O)[N+](C)(C)C)COC(=O)CCCCCCCCC/C=C/C/C=C/CCCCCCCCCCC. The molecule has 0 aromatic rings. The summed E-state index contributed by atoms with van der Waals surface area (Å²) in [6.45, 7) is 4.55. The highest BCUT2D eigenvalue weighted by atomic mass is 16.6. The summed E-state index contributed by atoms with van der Waals surface area (Å²) in [6, 6.07) is -0.631. The predicted molar refractivity (Wildman–Crippen MR) is 270 cm³/mol. The van der Waals surface area contributed by atoms with Gasteiger partial charge >= 0.3 is 17.9 Å². The third kappa shape index (κ3) is 43.7. The van der Waals surface area contributed by atoms with E-state index in [4.69, 9.17) is 14.2 Å². The molecular weight excluding hydrogens is 799 g/mol. The van der Waals surface area contributed by atoms with Crippen molar-refractivity contribution >= 4 is 17.9 Å². The van der Waals surface area contributed by atoms with Crippen LogP contribution in [0, 0.1) is 0 Å². The van der Waals surface area contributed by atoms with Gasteiger partial charge in [0.05, 0.1) is 34.4 Å². The molecule has 64 heavy (non-hydrogen) atoms. The minimum Gasteiger partial charge on any atom is -0.477 e. The van der Waals surface area contributed by atoms with E-state index in [0.717, 1.165) is 70.6 Å². The number of quaternary nitrogens is 1. The predicted octanol–water partition coefficient (Wildman–Crippen LogP) is 14.9. The Morgan fingerprint density at radius 3 is 1.34 bits per heavy atom. The average Bonchev–Trinajstić information content (AvgIpc) is 3.26. The van der Waals surface area contributed by atoms with E-state index in [-0.39, 0.29) is 42.7 Å². The zero-order chi connectivity index (χ0) is 47.0. The Bertz CT molecular complexity index is 1320. The first-order valence-electron chi connectivity index (χ1n) is 25.6. The lowest BCUT2D eigenvalue weighted by Crippen LogP contribution is -2.50. The lowest BCUT2D eigenvalue weighted by atomic mass is 10.1. The molecule has 0 saturated carbocycles. The molecular formula is C56H96NO7+. The van der Waals surface area contributed by atoms with Crippen LogP contribution in [0.2, 0.25) is 0 Å². The number of aliphatic carboxylic acids is 1. The number of carbonyl (C=O) groups is 3. The molecule has 0 heterocycles. The van der Waals surface area contributed by atoms with Crippen molar-refractivity contribution in [2.75, 3.05) is 41.0 Å². The minimum atomic E-state index is -0.887. The summed E-state index contributed by atoms with van der Waals surface area (Å²) in [5.41, 5.74) is 0. The summed E-state index contributed by atoms with van der Waals surface area (Å²) in [7, 11) is 5.50. The molecule has 0 aromatic heterocycles. The van der Waals surface area contributed by atoms with E-state index in [9.17, 15) is 19.5 Å². The van der Waals surface area contributed by atoms with E-state index in [0.29, 0.717) is 19.3 Å². The number of allylic oxidation sites excluding steroid dienone is 14. The summed E-state index contributed by atoms with van der Waals surface area (Å²) in [5, 5.41) is 9.65. The number of rotatable bonds is 45. The molecule has 8 nitrogen and oxygen atoms in total. The molecule has 8 heteroatoms. The van der Waals surface area contributed by atoms with E-state index in [1.54, 1.807) is 0 Å². The lowest BCUT2D eigenvalue weighted by Gasteiger charge is -2.31. The Morgan fingerprint density at radius 1 is 0.484 bits per heavy atom. The quantitative estimate of drug-likeness (QED) is 0.0281. The molecule has 0 aromatic carbocycles. The van der Waals surface area contributed by atoms with Crippen molar-refractivity contribution < 1.29 is 38.2 Å².